The van der Waals surface area contributed by atoms with E-state index in [9.17, 15) is 33.5 Å². The molecule has 0 amide bonds. The molecule has 0 bridgehead atoms. The first-order chi connectivity index (χ1) is 11.3. The van der Waals surface area contributed by atoms with E-state index in [2.05, 4.69) is 0 Å². The number of sulfone groups is 1. The summed E-state index contributed by atoms with van der Waals surface area (Å²) >= 11 is 0. The summed E-state index contributed by atoms with van der Waals surface area (Å²) in [5.74, 6) is -1.21. The van der Waals surface area contributed by atoms with Crippen LogP contribution in [0.1, 0.15) is 0 Å². The molecule has 12 heteroatoms. The van der Waals surface area contributed by atoms with Gasteiger partial charge in [-0.3, -0.25) is 4.72 Å². The Balaban J connectivity index is 2.51. The third kappa shape index (κ3) is 4.52. The van der Waals surface area contributed by atoms with Gasteiger partial charge in [0.15, 0.2) is 9.84 Å². The molecule has 1 N–H and O–H groups in total. The van der Waals surface area contributed by atoms with Gasteiger partial charge in [-0.05, 0) is 36.4 Å². The smallest absolute Gasteiger partial charge is 0.279 e. The topological polar surface area (TPSA) is 114 Å². The number of sulfonamides is 1. The minimum absolute atomic E-state index is 0.345. The number of benzene rings is 2. The highest BCUT2D eigenvalue weighted by Gasteiger charge is 2.23. The molecule has 136 valence electrons. The number of halogens is 2. The lowest BCUT2D eigenvalue weighted by atomic mass is 10.3. The third-order valence-corrected chi connectivity index (χ3v) is 6.31. The first kappa shape index (κ1) is 19.3. The molecule has 0 aliphatic rings. The van der Waals surface area contributed by atoms with Crippen LogP contribution < -0.4 is 4.72 Å². The van der Waals surface area contributed by atoms with Crippen LogP contribution in [-0.4, -0.2) is 31.5 Å². The van der Waals surface area contributed by atoms with Crippen molar-refractivity contribution in [2.75, 3.05) is 11.0 Å². The van der Waals surface area contributed by atoms with Crippen LogP contribution >= 0.6 is 0 Å². The van der Waals surface area contributed by atoms with Crippen LogP contribution in [0.5, 0.6) is 0 Å². The second-order valence-electron chi connectivity index (χ2n) is 4.94. The van der Waals surface area contributed by atoms with Gasteiger partial charge in [0.25, 0.3) is 10.0 Å². The van der Waals surface area contributed by atoms with Crippen molar-refractivity contribution in [3.05, 3.63) is 48.3 Å². The number of anilines is 1. The van der Waals surface area contributed by atoms with Gasteiger partial charge in [-0.2, -0.15) is 8.42 Å². The molecule has 2 aromatic rings. The summed E-state index contributed by atoms with van der Waals surface area (Å²) in [7, 11) is -13.5. The van der Waals surface area contributed by atoms with Crippen LogP contribution in [0, 0.1) is 5.82 Å². The van der Waals surface area contributed by atoms with Gasteiger partial charge in [0.05, 0.1) is 10.6 Å². The largest absolute Gasteiger partial charge is 0.332 e. The van der Waals surface area contributed by atoms with E-state index in [-0.39, 0.29) is 5.69 Å². The van der Waals surface area contributed by atoms with Crippen LogP contribution in [0.4, 0.5) is 14.0 Å². The maximum atomic E-state index is 13.9. The highest BCUT2D eigenvalue weighted by atomic mass is 32.3. The maximum Gasteiger partial charge on any atom is 0.332 e. The highest BCUT2D eigenvalue weighted by molar-refractivity contribution is 7.93. The van der Waals surface area contributed by atoms with E-state index in [4.69, 9.17) is 0 Å². The fourth-order valence-electron chi connectivity index (χ4n) is 1.84. The summed E-state index contributed by atoms with van der Waals surface area (Å²) in [6.45, 7) is 0. The van der Waals surface area contributed by atoms with E-state index in [1.54, 1.807) is 0 Å². The van der Waals surface area contributed by atoms with Crippen molar-refractivity contribution in [2.24, 2.45) is 0 Å². The SMILES string of the molecule is CS(=O)(=O)c1ccc(F)c(S(=O)(=O)Nc2cccc(S(=O)(=O)F)c2)c1. The Bertz CT molecular complexity index is 1140. The standard InChI is InChI=1S/C13H11F2NO6S3/c1-23(17,18)10-5-6-12(14)13(8-10)25(21,22)16-9-3-2-4-11(7-9)24(15,19)20/h2-8,16H,1H3. The van der Waals surface area contributed by atoms with Gasteiger partial charge in [0, 0.05) is 6.26 Å². The molecule has 0 spiro atoms. The quantitative estimate of drug-likeness (QED) is 0.591. The molecule has 0 atom stereocenters. The van der Waals surface area contributed by atoms with E-state index in [0.717, 1.165) is 30.5 Å². The second kappa shape index (κ2) is 6.35. The lowest BCUT2D eigenvalue weighted by Crippen LogP contribution is -2.15. The van der Waals surface area contributed by atoms with Crippen LogP contribution in [0.25, 0.3) is 0 Å². The Morgan fingerprint density at radius 3 is 2.08 bits per heavy atom. The molecule has 0 aliphatic carbocycles. The van der Waals surface area contributed by atoms with Crippen LogP contribution in [-0.2, 0) is 30.1 Å². The second-order valence-corrected chi connectivity index (χ2v) is 9.95. The normalized spacial score (nSPS) is 12.8. The Morgan fingerprint density at radius 1 is 0.880 bits per heavy atom. The van der Waals surface area contributed by atoms with Gasteiger partial charge >= 0.3 is 10.2 Å². The van der Waals surface area contributed by atoms with Crippen molar-refractivity contribution in [2.45, 2.75) is 14.7 Å². The van der Waals surface area contributed by atoms with Crippen molar-refractivity contribution in [1.82, 2.24) is 0 Å². The molecule has 7 nitrogen and oxygen atoms in total. The summed E-state index contributed by atoms with van der Waals surface area (Å²) in [6.07, 6.45) is 0.819. The molecular formula is C13H11F2NO6S3. The van der Waals surface area contributed by atoms with Crippen LogP contribution in [0.3, 0.4) is 0 Å². The third-order valence-electron chi connectivity index (χ3n) is 2.99. The van der Waals surface area contributed by atoms with Crippen molar-refractivity contribution >= 4 is 35.8 Å². The summed E-state index contributed by atoms with van der Waals surface area (Å²) in [6, 6.07) is 6.00. The van der Waals surface area contributed by atoms with E-state index in [1.807, 2.05) is 4.72 Å². The minimum atomic E-state index is -5.07. The maximum absolute atomic E-state index is 13.9. The molecule has 0 saturated carbocycles. The molecule has 0 unspecified atom stereocenters. The number of rotatable bonds is 5. The monoisotopic (exact) mass is 411 g/mol. The zero-order chi connectivity index (χ0) is 19.0. The van der Waals surface area contributed by atoms with Crippen molar-refractivity contribution in [3.63, 3.8) is 0 Å². The first-order valence-electron chi connectivity index (χ1n) is 6.38. The van der Waals surface area contributed by atoms with E-state index < -0.39 is 50.6 Å². The van der Waals surface area contributed by atoms with Gasteiger partial charge in [0.1, 0.15) is 15.6 Å². The molecule has 0 radical (unpaired) electrons. The fraction of sp³-hybridized carbons (Fsp3) is 0.0769. The Kier molecular flexibility index (Phi) is 4.90. The predicted molar refractivity (Wildman–Crippen MR) is 85.1 cm³/mol. The van der Waals surface area contributed by atoms with Crippen LogP contribution in [0.2, 0.25) is 0 Å². The number of hydrogen-bond acceptors (Lipinski definition) is 6. The predicted octanol–water partition coefficient (Wildman–Crippen LogP) is 1.69. The molecule has 0 saturated heterocycles. The zero-order valence-electron chi connectivity index (χ0n) is 12.5. The van der Waals surface area contributed by atoms with Gasteiger partial charge < -0.3 is 0 Å². The molecule has 2 rings (SSSR count). The summed E-state index contributed by atoms with van der Waals surface area (Å²) in [5.41, 5.74) is -0.345. The van der Waals surface area contributed by atoms with E-state index in [1.165, 1.54) is 0 Å². The van der Waals surface area contributed by atoms with E-state index in [0.29, 0.717) is 18.2 Å². The summed E-state index contributed by atoms with van der Waals surface area (Å²) in [4.78, 5) is -2.17. The average Bonchev–Trinajstić information content (AvgIpc) is 2.45. The molecule has 0 fully saturated rings. The van der Waals surface area contributed by atoms with E-state index >= 15 is 0 Å². The highest BCUT2D eigenvalue weighted by Crippen LogP contribution is 2.24. The van der Waals surface area contributed by atoms with Gasteiger partial charge in [-0.1, -0.05) is 6.07 Å². The van der Waals surface area contributed by atoms with Crippen molar-refractivity contribution in [1.29, 1.82) is 0 Å². The molecule has 0 aliphatic heterocycles. The summed E-state index contributed by atoms with van der Waals surface area (Å²) in [5, 5.41) is 0. The number of nitrogens with one attached hydrogen (secondary N) is 1. The van der Waals surface area contributed by atoms with Crippen molar-refractivity contribution in [3.8, 4) is 0 Å². The fourth-order valence-corrected chi connectivity index (χ4v) is 4.23. The molecular weight excluding hydrogens is 400 g/mol. The lowest BCUT2D eigenvalue weighted by Gasteiger charge is -2.10. The molecule has 25 heavy (non-hydrogen) atoms. The van der Waals surface area contributed by atoms with Gasteiger partial charge in [-0.15, -0.1) is 3.89 Å². The number of hydrogen-bond donors (Lipinski definition) is 1. The molecule has 0 aromatic heterocycles. The first-order valence-corrected chi connectivity index (χ1v) is 11.1. The average molecular weight is 411 g/mol. The molecule has 2 aromatic carbocycles. The Hall–Kier alpha value is -2.05. The minimum Gasteiger partial charge on any atom is -0.279 e. The van der Waals surface area contributed by atoms with Crippen LogP contribution in [0.15, 0.2) is 57.2 Å². The Morgan fingerprint density at radius 2 is 1.52 bits per heavy atom. The van der Waals surface area contributed by atoms with Gasteiger partial charge in [-0.25, -0.2) is 21.2 Å². The Labute approximate surface area is 143 Å². The molecule has 0 heterocycles. The zero-order valence-corrected chi connectivity index (χ0v) is 14.9. The lowest BCUT2D eigenvalue weighted by molar-refractivity contribution is 0.551. The van der Waals surface area contributed by atoms with Gasteiger partial charge in [0.2, 0.25) is 0 Å². The van der Waals surface area contributed by atoms with Crippen molar-refractivity contribution < 1.29 is 33.5 Å². The summed E-state index contributed by atoms with van der Waals surface area (Å²) < 4.78 is 97.9.